The molecule has 2 aliphatic rings. The molecule has 0 fully saturated rings. The minimum Gasteiger partial charge on any atom is -0.457 e. The fraction of sp³-hybridized carbons (Fsp3) is 0.0189. The second-order valence-electron chi connectivity index (χ2n) is 15.2. The number of fused-ring (bicyclic) bond motifs is 17. The summed E-state index contributed by atoms with van der Waals surface area (Å²) in [5, 5.41) is 7.43. The molecule has 0 saturated heterocycles. The van der Waals surface area contributed by atoms with Crippen LogP contribution in [0, 0.1) is 0 Å². The Bertz CT molecular complexity index is 3370. The first-order valence-corrected chi connectivity index (χ1v) is 19.4. The van der Waals surface area contributed by atoms with E-state index in [9.17, 15) is 0 Å². The van der Waals surface area contributed by atoms with Crippen LogP contribution in [0.25, 0.3) is 76.9 Å². The second kappa shape index (κ2) is 10.9. The largest absolute Gasteiger partial charge is 0.457 e. The summed E-state index contributed by atoms with van der Waals surface area (Å²) in [6, 6.07) is 71.3. The van der Waals surface area contributed by atoms with E-state index in [-0.39, 0.29) is 0 Å². The molecule has 9 aromatic carbocycles. The van der Waals surface area contributed by atoms with Crippen molar-refractivity contribution < 1.29 is 4.74 Å². The second-order valence-corrected chi connectivity index (χ2v) is 15.2. The Morgan fingerprint density at radius 2 is 0.857 bits per heavy atom. The molecule has 1 atom stereocenters. The molecule has 0 amide bonds. The van der Waals surface area contributed by atoms with E-state index in [0.29, 0.717) is 0 Å². The predicted molar refractivity (Wildman–Crippen MR) is 230 cm³/mol. The molecule has 0 N–H and O–H groups in total. The molecule has 3 heterocycles. The summed E-state index contributed by atoms with van der Waals surface area (Å²) in [6.45, 7) is 0. The number of benzene rings is 9. The number of hydrogen-bond donors (Lipinski definition) is 0. The quantitative estimate of drug-likeness (QED) is 0.175. The number of para-hydroxylation sites is 5. The highest BCUT2D eigenvalue weighted by molar-refractivity contribution is 6.10. The van der Waals surface area contributed by atoms with Crippen LogP contribution in [0.5, 0.6) is 11.5 Å². The van der Waals surface area contributed by atoms with Gasteiger partial charge in [-0.15, -0.1) is 0 Å². The molecule has 1 spiro atoms. The first-order chi connectivity index (χ1) is 27.8. The Morgan fingerprint density at radius 3 is 1.50 bits per heavy atom. The van der Waals surface area contributed by atoms with Crippen molar-refractivity contribution in [2.24, 2.45) is 0 Å². The highest BCUT2D eigenvalue weighted by Gasteiger charge is 2.52. The van der Waals surface area contributed by atoms with E-state index in [1.165, 1.54) is 82.2 Å². The van der Waals surface area contributed by atoms with Gasteiger partial charge in [-0.05, 0) is 93.7 Å². The first kappa shape index (κ1) is 30.0. The van der Waals surface area contributed by atoms with Crippen LogP contribution in [0.1, 0.15) is 22.3 Å². The summed E-state index contributed by atoms with van der Waals surface area (Å²) in [6.07, 6.45) is 0. The van der Waals surface area contributed by atoms with Crippen LogP contribution >= 0.6 is 0 Å². The Morgan fingerprint density at radius 1 is 0.339 bits per heavy atom. The molecule has 1 aliphatic heterocycles. The van der Waals surface area contributed by atoms with Crippen molar-refractivity contribution in [2.45, 2.75) is 5.41 Å². The van der Waals surface area contributed by atoms with Crippen molar-refractivity contribution in [3.63, 3.8) is 0 Å². The molecule has 13 rings (SSSR count). The van der Waals surface area contributed by atoms with Crippen LogP contribution in [0.2, 0.25) is 0 Å². The monoisotopic (exact) mass is 712 g/mol. The Labute approximate surface area is 322 Å². The van der Waals surface area contributed by atoms with Crippen LogP contribution in [-0.2, 0) is 5.41 Å². The van der Waals surface area contributed by atoms with Gasteiger partial charge in [0.05, 0.1) is 27.5 Å². The number of hydrogen-bond acceptors (Lipinski definition) is 1. The van der Waals surface area contributed by atoms with Gasteiger partial charge < -0.3 is 13.9 Å². The standard InChI is InChI=1S/C53H32N2O/c1-2-14-36-33(13-1)25-30-51-52(36)53(44-19-7-12-24-50(44)56-51)43-29-27-34(54-46-20-8-3-15-38(46)39-16-4-9-21-47(39)54)31-42(43)37-28-26-35(32-45(37)53)55-48-22-10-5-17-40(48)41-18-6-11-23-49(41)55/h1-32H. The van der Waals surface area contributed by atoms with Crippen molar-refractivity contribution in [2.75, 3.05) is 0 Å². The first-order valence-electron chi connectivity index (χ1n) is 19.4. The van der Waals surface area contributed by atoms with Gasteiger partial charge in [0.2, 0.25) is 0 Å². The predicted octanol–water partition coefficient (Wildman–Crippen LogP) is 13.5. The minimum absolute atomic E-state index is 0.649. The number of aromatic nitrogens is 2. The van der Waals surface area contributed by atoms with Crippen molar-refractivity contribution >= 4 is 54.4 Å². The van der Waals surface area contributed by atoms with Gasteiger partial charge >= 0.3 is 0 Å². The third kappa shape index (κ3) is 3.72. The number of rotatable bonds is 2. The maximum atomic E-state index is 6.89. The maximum absolute atomic E-state index is 6.89. The normalized spacial score (nSPS) is 15.4. The summed E-state index contributed by atoms with van der Waals surface area (Å²) >= 11 is 0. The van der Waals surface area contributed by atoms with Gasteiger partial charge in [0.15, 0.2) is 0 Å². The molecule has 1 aliphatic carbocycles. The summed E-state index contributed by atoms with van der Waals surface area (Å²) in [7, 11) is 0. The number of ether oxygens (including phenoxy) is 1. The highest BCUT2D eigenvalue weighted by atomic mass is 16.5. The molecule has 0 bridgehead atoms. The van der Waals surface area contributed by atoms with E-state index in [4.69, 9.17) is 4.74 Å². The third-order valence-corrected chi connectivity index (χ3v) is 12.6. The summed E-state index contributed by atoms with van der Waals surface area (Å²) in [4.78, 5) is 0. The fourth-order valence-corrected chi connectivity index (χ4v) is 10.4. The average molecular weight is 713 g/mol. The Balaban J connectivity index is 1.18. The van der Waals surface area contributed by atoms with Gasteiger partial charge in [0.1, 0.15) is 11.5 Å². The number of nitrogens with zero attached hydrogens (tertiary/aromatic N) is 2. The van der Waals surface area contributed by atoms with Crippen molar-refractivity contribution in [3.8, 4) is 34.0 Å². The molecule has 0 saturated carbocycles. The van der Waals surface area contributed by atoms with Crippen LogP contribution in [0.3, 0.4) is 0 Å². The molecule has 3 nitrogen and oxygen atoms in total. The molecular formula is C53H32N2O. The lowest BCUT2D eigenvalue weighted by Gasteiger charge is -2.40. The van der Waals surface area contributed by atoms with Crippen LogP contribution in [-0.4, -0.2) is 9.13 Å². The molecule has 2 aromatic heterocycles. The van der Waals surface area contributed by atoms with Gasteiger partial charge in [0.25, 0.3) is 0 Å². The zero-order valence-corrected chi connectivity index (χ0v) is 30.3. The van der Waals surface area contributed by atoms with Crippen LogP contribution in [0.4, 0.5) is 0 Å². The van der Waals surface area contributed by atoms with Gasteiger partial charge in [0, 0.05) is 44.0 Å². The Kier molecular flexibility index (Phi) is 5.83. The van der Waals surface area contributed by atoms with Crippen LogP contribution < -0.4 is 4.74 Å². The van der Waals surface area contributed by atoms with E-state index in [0.717, 1.165) is 28.4 Å². The zero-order chi connectivity index (χ0) is 36.5. The molecule has 0 radical (unpaired) electrons. The third-order valence-electron chi connectivity index (χ3n) is 12.6. The molecule has 56 heavy (non-hydrogen) atoms. The molecule has 1 unspecified atom stereocenters. The van der Waals surface area contributed by atoms with Crippen molar-refractivity contribution in [1.82, 2.24) is 9.13 Å². The topological polar surface area (TPSA) is 19.1 Å². The van der Waals surface area contributed by atoms with Crippen molar-refractivity contribution in [1.29, 1.82) is 0 Å². The van der Waals surface area contributed by atoms with E-state index in [2.05, 4.69) is 203 Å². The summed E-state index contributed by atoms with van der Waals surface area (Å²) in [5.74, 6) is 1.79. The maximum Gasteiger partial charge on any atom is 0.132 e. The fourth-order valence-electron chi connectivity index (χ4n) is 10.4. The van der Waals surface area contributed by atoms with E-state index in [1.54, 1.807) is 0 Å². The minimum atomic E-state index is -0.649. The molecule has 3 heteroatoms. The van der Waals surface area contributed by atoms with E-state index < -0.39 is 5.41 Å². The van der Waals surface area contributed by atoms with E-state index in [1.807, 2.05) is 0 Å². The lowest BCUT2D eigenvalue weighted by atomic mass is 9.65. The highest BCUT2D eigenvalue weighted by Crippen LogP contribution is 2.64. The van der Waals surface area contributed by atoms with Gasteiger partial charge in [-0.3, -0.25) is 0 Å². The van der Waals surface area contributed by atoms with Gasteiger partial charge in [-0.1, -0.05) is 133 Å². The smallest absolute Gasteiger partial charge is 0.132 e. The lowest BCUT2D eigenvalue weighted by molar-refractivity contribution is 0.438. The van der Waals surface area contributed by atoms with E-state index >= 15 is 0 Å². The lowest BCUT2D eigenvalue weighted by Crippen LogP contribution is -2.32. The van der Waals surface area contributed by atoms with Gasteiger partial charge in [-0.2, -0.15) is 0 Å². The Hall–Kier alpha value is -7.36. The molecular weight excluding hydrogens is 681 g/mol. The SMILES string of the molecule is c1ccc2c(c1)Oc1ccc3ccccc3c1C21c2ccc(-n3c4ccccc4c4ccccc43)cc2-c2ccc(-n3c4ccccc4c4ccccc43)cc21. The zero-order valence-electron chi connectivity index (χ0n) is 30.3. The van der Waals surface area contributed by atoms with Crippen molar-refractivity contribution in [3.05, 3.63) is 216 Å². The molecule has 11 aromatic rings. The van der Waals surface area contributed by atoms with Gasteiger partial charge in [-0.25, -0.2) is 0 Å². The van der Waals surface area contributed by atoms with Crippen LogP contribution in [0.15, 0.2) is 194 Å². The molecule has 260 valence electrons. The summed E-state index contributed by atoms with van der Waals surface area (Å²) in [5.41, 5.74) is 13.8. The average Bonchev–Trinajstić information content (AvgIpc) is 3.88. The summed E-state index contributed by atoms with van der Waals surface area (Å²) < 4.78 is 11.8.